The van der Waals surface area contributed by atoms with Gasteiger partial charge in [0, 0.05) is 18.7 Å². The fourth-order valence-electron chi connectivity index (χ4n) is 4.56. The number of fused-ring (bicyclic) bond motifs is 1. The van der Waals surface area contributed by atoms with Crippen LogP contribution in [0.5, 0.6) is 11.5 Å². The van der Waals surface area contributed by atoms with Crippen molar-refractivity contribution in [1.29, 1.82) is 0 Å². The Labute approximate surface area is 219 Å². The molecule has 2 aromatic rings. The van der Waals surface area contributed by atoms with E-state index in [4.69, 9.17) is 9.47 Å². The number of imide groups is 1. The van der Waals surface area contributed by atoms with Crippen LogP contribution in [-0.4, -0.2) is 47.7 Å². The molecule has 2 aliphatic rings. The van der Waals surface area contributed by atoms with Crippen LogP contribution in [0.3, 0.4) is 0 Å². The summed E-state index contributed by atoms with van der Waals surface area (Å²) in [6.07, 6.45) is 1.37. The Morgan fingerprint density at radius 2 is 1.84 bits per heavy atom. The second kappa shape index (κ2) is 11.4. The lowest BCUT2D eigenvalue weighted by Gasteiger charge is -2.24. The van der Waals surface area contributed by atoms with Gasteiger partial charge in [0.15, 0.2) is 17.3 Å². The molecule has 0 aliphatic carbocycles. The number of nitrogens with zero attached hydrogens (tertiary/aromatic N) is 1. The molecular formula is C27H30N4O7. The number of aromatic nitrogens is 1. The molecule has 0 radical (unpaired) electrons. The van der Waals surface area contributed by atoms with Gasteiger partial charge in [0.25, 0.3) is 5.91 Å². The van der Waals surface area contributed by atoms with Crippen molar-refractivity contribution in [2.75, 3.05) is 13.3 Å². The number of rotatable bonds is 10. The Hall–Kier alpha value is -4.28. The standard InChI is InChI=1S/C27H30N4O7/c1-14(2)17(24(33)23-15(3)25(34)31-27(23)36)12-29-22(32)11-19(30-26(35)18-6-4-5-9-28-18)16-7-8-20-21(10-16)38-13-37-20/h4-10,14-15,17,19,23H,11-13H2,1-3H3,(H,29,32)(H,30,35)(H,31,34,36)/t15-,17-,19?,23+/m0/s1. The monoisotopic (exact) mass is 522 g/mol. The SMILES string of the molecule is CC(C)[C@H](CNC(=O)CC(NC(=O)c1ccccn1)c1ccc2c(c1)OCO2)C(=O)[C@@H]1C(=O)NC(=O)[C@H]1C. The van der Waals surface area contributed by atoms with Crippen molar-refractivity contribution in [3.63, 3.8) is 0 Å². The Kier molecular flexibility index (Phi) is 8.04. The van der Waals surface area contributed by atoms with E-state index in [0.29, 0.717) is 17.1 Å². The molecule has 1 aromatic heterocycles. The summed E-state index contributed by atoms with van der Waals surface area (Å²) < 4.78 is 10.8. The molecule has 1 unspecified atom stereocenters. The van der Waals surface area contributed by atoms with Gasteiger partial charge in [-0.05, 0) is 35.7 Å². The van der Waals surface area contributed by atoms with E-state index in [1.54, 1.807) is 43.3 Å². The average molecular weight is 523 g/mol. The predicted molar refractivity (Wildman–Crippen MR) is 134 cm³/mol. The van der Waals surface area contributed by atoms with Crippen molar-refractivity contribution < 1.29 is 33.4 Å². The first-order chi connectivity index (χ1) is 18.2. The van der Waals surface area contributed by atoms with Crippen molar-refractivity contribution in [2.24, 2.45) is 23.7 Å². The van der Waals surface area contributed by atoms with Crippen molar-refractivity contribution in [2.45, 2.75) is 33.2 Å². The zero-order valence-corrected chi connectivity index (χ0v) is 21.4. The van der Waals surface area contributed by atoms with Gasteiger partial charge in [-0.25, -0.2) is 0 Å². The molecule has 3 N–H and O–H groups in total. The maximum Gasteiger partial charge on any atom is 0.270 e. The molecule has 11 nitrogen and oxygen atoms in total. The van der Waals surface area contributed by atoms with Crippen molar-refractivity contribution in [3.8, 4) is 11.5 Å². The van der Waals surface area contributed by atoms with Crippen LogP contribution in [0.1, 0.15) is 49.3 Å². The highest BCUT2D eigenvalue weighted by atomic mass is 16.7. The van der Waals surface area contributed by atoms with Crippen LogP contribution >= 0.6 is 0 Å². The molecule has 11 heteroatoms. The van der Waals surface area contributed by atoms with Gasteiger partial charge in [-0.1, -0.05) is 32.9 Å². The molecule has 1 aromatic carbocycles. The number of pyridine rings is 1. The Morgan fingerprint density at radius 3 is 2.50 bits per heavy atom. The van der Waals surface area contributed by atoms with Crippen molar-refractivity contribution >= 4 is 29.4 Å². The predicted octanol–water partition coefficient (Wildman–Crippen LogP) is 1.54. The van der Waals surface area contributed by atoms with E-state index < -0.39 is 47.4 Å². The van der Waals surface area contributed by atoms with E-state index in [0.717, 1.165) is 0 Å². The Balaban J connectivity index is 1.47. The van der Waals surface area contributed by atoms with E-state index in [-0.39, 0.29) is 37.2 Å². The third kappa shape index (κ3) is 5.82. The van der Waals surface area contributed by atoms with E-state index in [1.807, 2.05) is 13.8 Å². The van der Waals surface area contributed by atoms with Crippen LogP contribution < -0.4 is 25.4 Å². The van der Waals surface area contributed by atoms with Crippen LogP contribution in [0.25, 0.3) is 0 Å². The zero-order valence-electron chi connectivity index (χ0n) is 21.4. The van der Waals surface area contributed by atoms with Gasteiger partial charge >= 0.3 is 0 Å². The molecule has 1 fully saturated rings. The smallest absolute Gasteiger partial charge is 0.270 e. The molecule has 1 saturated heterocycles. The quantitative estimate of drug-likeness (QED) is 0.314. The summed E-state index contributed by atoms with van der Waals surface area (Å²) in [6, 6.07) is 9.36. The molecule has 4 rings (SSSR count). The summed E-state index contributed by atoms with van der Waals surface area (Å²) >= 11 is 0. The van der Waals surface area contributed by atoms with E-state index >= 15 is 0 Å². The van der Waals surface area contributed by atoms with Gasteiger partial charge in [0.1, 0.15) is 11.6 Å². The lowest BCUT2D eigenvalue weighted by atomic mass is 9.80. The first kappa shape index (κ1) is 26.8. The second-order valence-corrected chi connectivity index (χ2v) is 9.73. The lowest BCUT2D eigenvalue weighted by Crippen LogP contribution is -2.42. The summed E-state index contributed by atoms with van der Waals surface area (Å²) in [6.45, 7) is 5.24. The minimum atomic E-state index is -1.08. The Morgan fingerprint density at radius 1 is 1.08 bits per heavy atom. The van der Waals surface area contributed by atoms with Crippen molar-refractivity contribution in [3.05, 3.63) is 53.9 Å². The van der Waals surface area contributed by atoms with Crippen LogP contribution in [0, 0.1) is 23.7 Å². The minimum absolute atomic E-state index is 0.0118. The molecule has 3 heterocycles. The molecule has 4 atom stereocenters. The highest BCUT2D eigenvalue weighted by Gasteiger charge is 2.45. The number of Topliss-reactive ketones (excluding diaryl/α,β-unsaturated/α-hetero) is 1. The van der Waals surface area contributed by atoms with Gasteiger partial charge in [-0.15, -0.1) is 0 Å². The average Bonchev–Trinajstić information content (AvgIpc) is 3.46. The summed E-state index contributed by atoms with van der Waals surface area (Å²) in [5.74, 6) is -3.96. The number of hydrogen-bond donors (Lipinski definition) is 3. The van der Waals surface area contributed by atoms with Crippen LogP contribution in [0.2, 0.25) is 0 Å². The summed E-state index contributed by atoms with van der Waals surface area (Å²) in [4.78, 5) is 67.2. The van der Waals surface area contributed by atoms with Gasteiger partial charge in [0.2, 0.25) is 24.5 Å². The third-order valence-corrected chi connectivity index (χ3v) is 6.83. The summed E-state index contributed by atoms with van der Waals surface area (Å²) in [7, 11) is 0. The van der Waals surface area contributed by atoms with E-state index in [1.165, 1.54) is 6.20 Å². The highest BCUT2D eigenvalue weighted by molar-refractivity contribution is 6.15. The van der Waals surface area contributed by atoms with E-state index in [9.17, 15) is 24.0 Å². The normalized spacial score (nSPS) is 19.6. The fraction of sp³-hybridized carbons (Fsp3) is 0.407. The molecular weight excluding hydrogens is 492 g/mol. The van der Waals surface area contributed by atoms with Gasteiger partial charge in [-0.3, -0.25) is 34.3 Å². The maximum atomic E-state index is 13.2. The number of carbonyl (C=O) groups is 5. The second-order valence-electron chi connectivity index (χ2n) is 9.73. The molecule has 200 valence electrons. The van der Waals surface area contributed by atoms with Gasteiger partial charge in [-0.2, -0.15) is 0 Å². The van der Waals surface area contributed by atoms with Gasteiger partial charge in [0.05, 0.1) is 18.4 Å². The summed E-state index contributed by atoms with van der Waals surface area (Å²) in [5.41, 5.74) is 0.822. The fourth-order valence-corrected chi connectivity index (χ4v) is 4.56. The maximum absolute atomic E-state index is 13.2. The third-order valence-electron chi connectivity index (χ3n) is 6.83. The molecule has 0 spiro atoms. The number of ether oxygens (including phenoxy) is 2. The largest absolute Gasteiger partial charge is 0.454 e. The zero-order chi connectivity index (χ0) is 27.4. The number of ketones is 1. The topological polar surface area (TPSA) is 153 Å². The molecule has 2 aliphatic heterocycles. The number of hydrogen-bond acceptors (Lipinski definition) is 8. The molecule has 4 amide bonds. The number of benzene rings is 1. The number of nitrogens with one attached hydrogen (secondary N) is 3. The minimum Gasteiger partial charge on any atom is -0.454 e. The molecule has 38 heavy (non-hydrogen) atoms. The highest BCUT2D eigenvalue weighted by Crippen LogP contribution is 2.35. The first-order valence-corrected chi connectivity index (χ1v) is 12.4. The first-order valence-electron chi connectivity index (χ1n) is 12.4. The van der Waals surface area contributed by atoms with Gasteiger partial charge < -0.3 is 20.1 Å². The van der Waals surface area contributed by atoms with Crippen molar-refractivity contribution in [1.82, 2.24) is 20.9 Å². The Bertz CT molecular complexity index is 1250. The lowest BCUT2D eigenvalue weighted by molar-refractivity contribution is -0.136. The molecule has 0 bridgehead atoms. The summed E-state index contributed by atoms with van der Waals surface area (Å²) in [5, 5.41) is 7.83. The van der Waals surface area contributed by atoms with Crippen LogP contribution in [0.15, 0.2) is 42.6 Å². The molecule has 0 saturated carbocycles. The van der Waals surface area contributed by atoms with Crippen LogP contribution in [-0.2, 0) is 19.2 Å². The van der Waals surface area contributed by atoms with Crippen LogP contribution in [0.4, 0.5) is 0 Å². The van der Waals surface area contributed by atoms with E-state index in [2.05, 4.69) is 20.9 Å². The number of carbonyl (C=O) groups excluding carboxylic acids is 5. The number of amides is 4.